The Kier molecular flexibility index (Phi) is 4.58. The molecule has 1 aliphatic heterocycles. The lowest BCUT2D eigenvalue weighted by Crippen LogP contribution is -2.30. The predicted molar refractivity (Wildman–Crippen MR) is 67.5 cm³/mol. The number of carbonyl (C=O) groups is 1. The Morgan fingerprint density at radius 2 is 1.89 bits per heavy atom. The lowest BCUT2D eigenvalue weighted by molar-refractivity contribution is -0.130. The standard InChI is InChI=1S/C13H14ClF2NO2/c14-11(12(18)17-7-3-4-8-17)9-5-1-2-6-10(9)19-13(15)16/h1-2,5-6,11,13H,3-4,7-8H2. The van der Waals surface area contributed by atoms with Gasteiger partial charge in [-0.2, -0.15) is 8.78 Å². The third-order valence-corrected chi connectivity index (χ3v) is 3.46. The van der Waals surface area contributed by atoms with Crippen LogP contribution in [0.1, 0.15) is 23.8 Å². The number of alkyl halides is 3. The molecule has 1 atom stereocenters. The highest BCUT2D eigenvalue weighted by Crippen LogP contribution is 2.32. The highest BCUT2D eigenvalue weighted by Gasteiger charge is 2.28. The van der Waals surface area contributed by atoms with Gasteiger partial charge in [0.25, 0.3) is 0 Å². The first-order valence-electron chi connectivity index (χ1n) is 6.06. The maximum absolute atomic E-state index is 12.3. The molecule has 0 aromatic heterocycles. The van der Waals surface area contributed by atoms with E-state index in [1.807, 2.05) is 0 Å². The quantitative estimate of drug-likeness (QED) is 0.797. The Morgan fingerprint density at radius 1 is 1.26 bits per heavy atom. The minimum Gasteiger partial charge on any atom is -0.434 e. The van der Waals surface area contributed by atoms with Gasteiger partial charge in [-0.25, -0.2) is 0 Å². The SMILES string of the molecule is O=C(C(Cl)c1ccccc1OC(F)F)N1CCCC1. The molecule has 1 amide bonds. The summed E-state index contributed by atoms with van der Waals surface area (Å²) in [7, 11) is 0. The number of ether oxygens (including phenoxy) is 1. The van der Waals surface area contributed by atoms with Gasteiger partial charge in [0, 0.05) is 18.7 Å². The fourth-order valence-electron chi connectivity index (χ4n) is 2.12. The Morgan fingerprint density at radius 3 is 2.53 bits per heavy atom. The largest absolute Gasteiger partial charge is 0.434 e. The summed E-state index contributed by atoms with van der Waals surface area (Å²) in [5.41, 5.74) is 0.279. The molecule has 0 saturated carbocycles. The van der Waals surface area contributed by atoms with Gasteiger partial charge >= 0.3 is 6.61 Å². The number of para-hydroxylation sites is 1. The summed E-state index contributed by atoms with van der Waals surface area (Å²) in [6.07, 6.45) is 1.90. The van der Waals surface area contributed by atoms with Crippen molar-refractivity contribution in [2.75, 3.05) is 13.1 Å². The lowest BCUT2D eigenvalue weighted by Gasteiger charge is -2.20. The second-order valence-electron chi connectivity index (χ2n) is 4.31. The number of likely N-dealkylation sites (tertiary alicyclic amines) is 1. The van der Waals surface area contributed by atoms with Crippen molar-refractivity contribution in [1.29, 1.82) is 0 Å². The summed E-state index contributed by atoms with van der Waals surface area (Å²) < 4.78 is 29.0. The second-order valence-corrected chi connectivity index (χ2v) is 4.75. The molecule has 0 aliphatic carbocycles. The average Bonchev–Trinajstić information content (AvgIpc) is 2.91. The van der Waals surface area contributed by atoms with Crippen LogP contribution in [-0.4, -0.2) is 30.5 Å². The fourth-order valence-corrected chi connectivity index (χ4v) is 2.44. The first kappa shape index (κ1) is 14.1. The van der Waals surface area contributed by atoms with Crippen LogP contribution in [0.4, 0.5) is 8.78 Å². The van der Waals surface area contributed by atoms with E-state index in [9.17, 15) is 13.6 Å². The summed E-state index contributed by atoms with van der Waals surface area (Å²) in [6, 6.07) is 6.11. The molecule has 19 heavy (non-hydrogen) atoms. The van der Waals surface area contributed by atoms with Gasteiger partial charge in [-0.15, -0.1) is 11.6 Å². The molecule has 2 rings (SSSR count). The number of benzene rings is 1. The molecule has 1 aromatic rings. The number of nitrogens with zero attached hydrogens (tertiary/aromatic N) is 1. The average molecular weight is 290 g/mol. The number of rotatable bonds is 4. The highest BCUT2D eigenvalue weighted by atomic mass is 35.5. The monoisotopic (exact) mass is 289 g/mol. The van der Waals surface area contributed by atoms with E-state index in [-0.39, 0.29) is 17.2 Å². The van der Waals surface area contributed by atoms with Crippen molar-refractivity contribution in [3.8, 4) is 5.75 Å². The van der Waals surface area contributed by atoms with Crippen LogP contribution >= 0.6 is 11.6 Å². The van der Waals surface area contributed by atoms with Crippen molar-refractivity contribution in [3.05, 3.63) is 29.8 Å². The normalized spacial score (nSPS) is 16.7. The van der Waals surface area contributed by atoms with Crippen LogP contribution in [0.5, 0.6) is 5.75 Å². The molecule has 0 bridgehead atoms. The van der Waals surface area contributed by atoms with E-state index in [1.54, 1.807) is 17.0 Å². The van der Waals surface area contributed by atoms with E-state index in [2.05, 4.69) is 4.74 Å². The predicted octanol–water partition coefficient (Wildman–Crippen LogP) is 3.19. The summed E-state index contributed by atoms with van der Waals surface area (Å²) in [5, 5.41) is -0.993. The minimum absolute atomic E-state index is 0.0509. The molecule has 1 saturated heterocycles. The minimum atomic E-state index is -2.94. The zero-order chi connectivity index (χ0) is 13.8. The van der Waals surface area contributed by atoms with Gasteiger partial charge in [0.05, 0.1) is 0 Å². The molecule has 0 radical (unpaired) electrons. The number of hydrogen-bond acceptors (Lipinski definition) is 2. The van der Waals surface area contributed by atoms with Crippen LogP contribution in [0, 0.1) is 0 Å². The molecular formula is C13H14ClF2NO2. The summed E-state index contributed by atoms with van der Waals surface area (Å²) >= 11 is 6.11. The molecule has 0 N–H and O–H groups in total. The maximum atomic E-state index is 12.3. The van der Waals surface area contributed by atoms with E-state index in [0.29, 0.717) is 13.1 Å². The highest BCUT2D eigenvalue weighted by molar-refractivity contribution is 6.31. The zero-order valence-corrected chi connectivity index (χ0v) is 10.9. The third kappa shape index (κ3) is 3.35. The summed E-state index contributed by atoms with van der Waals surface area (Å²) in [4.78, 5) is 13.8. The molecule has 1 aromatic carbocycles. The van der Waals surface area contributed by atoms with Crippen LogP contribution < -0.4 is 4.74 Å². The number of halogens is 3. The van der Waals surface area contributed by atoms with Gasteiger partial charge in [-0.1, -0.05) is 18.2 Å². The first-order chi connectivity index (χ1) is 9.09. The van der Waals surface area contributed by atoms with Crippen molar-refractivity contribution >= 4 is 17.5 Å². The van der Waals surface area contributed by atoms with E-state index in [1.165, 1.54) is 12.1 Å². The van der Waals surface area contributed by atoms with E-state index < -0.39 is 12.0 Å². The van der Waals surface area contributed by atoms with Crippen molar-refractivity contribution in [2.24, 2.45) is 0 Å². The number of hydrogen-bond donors (Lipinski definition) is 0. The lowest BCUT2D eigenvalue weighted by atomic mass is 10.1. The molecule has 0 spiro atoms. The molecular weight excluding hydrogens is 276 g/mol. The number of carbonyl (C=O) groups excluding carboxylic acids is 1. The maximum Gasteiger partial charge on any atom is 0.387 e. The van der Waals surface area contributed by atoms with Gasteiger partial charge < -0.3 is 9.64 Å². The van der Waals surface area contributed by atoms with Crippen molar-refractivity contribution < 1.29 is 18.3 Å². The van der Waals surface area contributed by atoms with E-state index in [4.69, 9.17) is 11.6 Å². The van der Waals surface area contributed by atoms with Crippen molar-refractivity contribution in [3.63, 3.8) is 0 Å². The Labute approximate surface area is 115 Å². The summed E-state index contributed by atoms with van der Waals surface area (Å²) in [5.74, 6) is -0.311. The molecule has 104 valence electrons. The van der Waals surface area contributed by atoms with Gasteiger partial charge in [-0.05, 0) is 18.9 Å². The molecule has 1 fully saturated rings. The Hall–Kier alpha value is -1.36. The third-order valence-electron chi connectivity index (χ3n) is 3.04. The topological polar surface area (TPSA) is 29.5 Å². The van der Waals surface area contributed by atoms with Crippen LogP contribution in [0.25, 0.3) is 0 Å². The number of amides is 1. The van der Waals surface area contributed by atoms with E-state index >= 15 is 0 Å². The van der Waals surface area contributed by atoms with Crippen LogP contribution in [-0.2, 0) is 4.79 Å². The van der Waals surface area contributed by atoms with Crippen LogP contribution in [0.2, 0.25) is 0 Å². The molecule has 1 heterocycles. The van der Waals surface area contributed by atoms with E-state index in [0.717, 1.165) is 12.8 Å². The molecule has 3 nitrogen and oxygen atoms in total. The van der Waals surface area contributed by atoms with Crippen LogP contribution in [0.3, 0.4) is 0 Å². The summed E-state index contributed by atoms with van der Waals surface area (Å²) in [6.45, 7) is -1.60. The molecule has 1 aliphatic rings. The van der Waals surface area contributed by atoms with Gasteiger partial charge in [0.1, 0.15) is 11.1 Å². The molecule has 1 unspecified atom stereocenters. The Bertz CT molecular complexity index is 450. The zero-order valence-electron chi connectivity index (χ0n) is 10.2. The van der Waals surface area contributed by atoms with Crippen LogP contribution in [0.15, 0.2) is 24.3 Å². The van der Waals surface area contributed by atoms with Gasteiger partial charge in [0.15, 0.2) is 0 Å². The first-order valence-corrected chi connectivity index (χ1v) is 6.50. The molecule has 6 heteroatoms. The van der Waals surface area contributed by atoms with Crippen molar-refractivity contribution in [1.82, 2.24) is 4.90 Å². The van der Waals surface area contributed by atoms with Gasteiger partial charge in [-0.3, -0.25) is 4.79 Å². The van der Waals surface area contributed by atoms with Gasteiger partial charge in [0.2, 0.25) is 5.91 Å². The Balaban J connectivity index is 2.17. The smallest absolute Gasteiger partial charge is 0.387 e. The fraction of sp³-hybridized carbons (Fsp3) is 0.462. The second kappa shape index (κ2) is 6.19. The van der Waals surface area contributed by atoms with Crippen molar-refractivity contribution in [2.45, 2.75) is 24.8 Å².